The van der Waals surface area contributed by atoms with Gasteiger partial charge in [-0.25, -0.2) is 0 Å². The summed E-state index contributed by atoms with van der Waals surface area (Å²) < 4.78 is 2.16. The van der Waals surface area contributed by atoms with Crippen LogP contribution < -0.4 is 5.43 Å². The summed E-state index contributed by atoms with van der Waals surface area (Å²) in [7, 11) is 0. The molecule has 2 saturated carbocycles. The SMILES string of the molecule is C/C(c1ccccc1)=[N+]1/NC(=O)C2C1[C@H]1CC[C@@H]2C1. The molecule has 98 valence electrons. The van der Waals surface area contributed by atoms with E-state index in [0.717, 1.165) is 0 Å². The number of carbonyl (C=O) groups excluding carboxylic acids is 1. The Balaban J connectivity index is 1.78. The molecule has 0 radical (unpaired) electrons. The van der Waals surface area contributed by atoms with E-state index in [1.165, 1.54) is 30.5 Å². The van der Waals surface area contributed by atoms with Crippen molar-refractivity contribution in [2.45, 2.75) is 32.2 Å². The average molecular weight is 255 g/mol. The first-order valence-electron chi connectivity index (χ1n) is 7.24. The van der Waals surface area contributed by atoms with Crippen molar-refractivity contribution in [3.8, 4) is 0 Å². The van der Waals surface area contributed by atoms with E-state index in [0.29, 0.717) is 17.9 Å². The van der Waals surface area contributed by atoms with Crippen LogP contribution in [0.4, 0.5) is 0 Å². The van der Waals surface area contributed by atoms with Crippen LogP contribution in [0.2, 0.25) is 0 Å². The molecule has 1 amide bonds. The number of carbonyl (C=O) groups is 1. The van der Waals surface area contributed by atoms with Gasteiger partial charge in [-0.2, -0.15) is 0 Å². The number of hydrazine groups is 1. The Bertz CT molecular complexity index is 563. The molecule has 2 aliphatic carbocycles. The number of hydrazone groups is 1. The lowest BCUT2D eigenvalue weighted by Gasteiger charge is -2.17. The molecule has 3 heteroatoms. The molecule has 4 rings (SSSR count). The maximum Gasteiger partial charge on any atom is 0.284 e. The summed E-state index contributed by atoms with van der Waals surface area (Å²) >= 11 is 0. The van der Waals surface area contributed by atoms with Crippen molar-refractivity contribution in [2.75, 3.05) is 0 Å². The van der Waals surface area contributed by atoms with E-state index in [1.807, 2.05) is 6.07 Å². The summed E-state index contributed by atoms with van der Waals surface area (Å²) in [5.41, 5.74) is 5.49. The van der Waals surface area contributed by atoms with Crippen LogP contribution in [-0.2, 0) is 4.79 Å². The minimum absolute atomic E-state index is 0.234. The first-order valence-corrected chi connectivity index (χ1v) is 7.24. The summed E-state index contributed by atoms with van der Waals surface area (Å²) in [6, 6.07) is 10.7. The molecule has 0 spiro atoms. The molecule has 2 bridgehead atoms. The van der Waals surface area contributed by atoms with Crippen molar-refractivity contribution in [3.63, 3.8) is 0 Å². The number of hydrogen-bond donors (Lipinski definition) is 1. The highest BCUT2D eigenvalue weighted by Crippen LogP contribution is 2.51. The van der Waals surface area contributed by atoms with Gasteiger partial charge in [0.25, 0.3) is 5.91 Å². The number of hydrogen-bond acceptors (Lipinski definition) is 1. The van der Waals surface area contributed by atoms with Crippen molar-refractivity contribution >= 4 is 11.6 Å². The van der Waals surface area contributed by atoms with E-state index in [1.54, 1.807) is 0 Å². The van der Waals surface area contributed by atoms with Crippen LogP contribution >= 0.6 is 0 Å². The molecular formula is C16H19N2O+. The Hall–Kier alpha value is -1.64. The molecule has 1 aromatic carbocycles. The molecule has 3 fully saturated rings. The zero-order valence-corrected chi connectivity index (χ0v) is 11.2. The van der Waals surface area contributed by atoms with E-state index in [4.69, 9.17) is 0 Å². The zero-order valence-electron chi connectivity index (χ0n) is 11.2. The van der Waals surface area contributed by atoms with Gasteiger partial charge in [-0.1, -0.05) is 18.2 Å². The predicted octanol–water partition coefficient (Wildman–Crippen LogP) is 1.97. The third kappa shape index (κ3) is 1.50. The van der Waals surface area contributed by atoms with Crippen LogP contribution in [0.25, 0.3) is 0 Å². The van der Waals surface area contributed by atoms with Gasteiger partial charge in [0.1, 0.15) is 5.92 Å². The molecule has 19 heavy (non-hydrogen) atoms. The Morgan fingerprint density at radius 1 is 1.21 bits per heavy atom. The van der Waals surface area contributed by atoms with Gasteiger partial charge >= 0.3 is 0 Å². The van der Waals surface area contributed by atoms with Gasteiger partial charge in [0.15, 0.2) is 6.04 Å². The van der Waals surface area contributed by atoms with Crippen LogP contribution in [0.1, 0.15) is 31.7 Å². The molecule has 1 N–H and O–H groups in total. The van der Waals surface area contributed by atoms with E-state index < -0.39 is 0 Å². The van der Waals surface area contributed by atoms with Crippen molar-refractivity contribution in [1.29, 1.82) is 0 Å². The fourth-order valence-corrected chi connectivity index (χ4v) is 4.40. The first-order chi connectivity index (χ1) is 9.25. The zero-order chi connectivity index (χ0) is 13.0. The van der Waals surface area contributed by atoms with Crippen LogP contribution in [0.5, 0.6) is 0 Å². The Labute approximate surface area is 113 Å². The standard InChI is InChI=1S/C16H18N2O/c1-10(11-5-3-2-4-6-11)18-15-13-8-7-12(9-13)14(15)16(19)17-18/h2-6,12-15H,7-9H2,1H3/p+1/b18-10-/t12-,13+,14?,15?/m1/s1. The van der Waals surface area contributed by atoms with Crippen LogP contribution in [0, 0.1) is 17.8 Å². The van der Waals surface area contributed by atoms with Crippen LogP contribution in [0.15, 0.2) is 30.3 Å². The highest BCUT2D eigenvalue weighted by Gasteiger charge is 2.62. The summed E-state index contributed by atoms with van der Waals surface area (Å²) in [6.07, 6.45) is 3.79. The third-order valence-electron chi connectivity index (χ3n) is 5.26. The van der Waals surface area contributed by atoms with E-state index in [2.05, 4.69) is 41.3 Å². The summed E-state index contributed by atoms with van der Waals surface area (Å²) in [5.74, 6) is 1.81. The minimum Gasteiger partial charge on any atom is -0.269 e. The van der Waals surface area contributed by atoms with Gasteiger partial charge in [0.2, 0.25) is 5.71 Å². The number of amides is 1. The summed E-state index contributed by atoms with van der Waals surface area (Å²) in [5, 5.41) is 0. The lowest BCUT2D eigenvalue weighted by molar-refractivity contribution is -0.602. The van der Waals surface area contributed by atoms with Gasteiger partial charge in [0, 0.05) is 18.4 Å². The van der Waals surface area contributed by atoms with E-state index in [-0.39, 0.29) is 11.8 Å². The van der Waals surface area contributed by atoms with Gasteiger partial charge in [-0.3, -0.25) is 4.79 Å². The maximum absolute atomic E-state index is 12.2. The monoisotopic (exact) mass is 255 g/mol. The Morgan fingerprint density at radius 2 is 1.95 bits per heavy atom. The van der Waals surface area contributed by atoms with Crippen molar-refractivity contribution < 1.29 is 9.48 Å². The number of rotatable bonds is 1. The lowest BCUT2D eigenvalue weighted by atomic mass is 9.85. The summed E-state index contributed by atoms with van der Waals surface area (Å²) in [6.45, 7) is 2.12. The number of fused-ring (bicyclic) bond motifs is 5. The molecule has 3 nitrogen and oxygen atoms in total. The fourth-order valence-electron chi connectivity index (χ4n) is 4.40. The second-order valence-electron chi connectivity index (χ2n) is 6.15. The molecule has 4 atom stereocenters. The fraction of sp³-hybridized carbons (Fsp3) is 0.500. The highest BCUT2D eigenvalue weighted by atomic mass is 16.2. The van der Waals surface area contributed by atoms with Crippen molar-refractivity contribution in [2.24, 2.45) is 17.8 Å². The molecule has 0 aromatic heterocycles. The number of benzene rings is 1. The first kappa shape index (κ1) is 11.2. The normalized spacial score (nSPS) is 38.3. The van der Waals surface area contributed by atoms with Gasteiger partial charge in [-0.15, -0.1) is 10.1 Å². The molecule has 1 aromatic rings. The second kappa shape index (κ2) is 3.92. The molecular weight excluding hydrogens is 236 g/mol. The van der Waals surface area contributed by atoms with Gasteiger partial charge < -0.3 is 0 Å². The number of nitrogens with zero attached hydrogens (tertiary/aromatic N) is 1. The Morgan fingerprint density at radius 3 is 2.74 bits per heavy atom. The quantitative estimate of drug-likeness (QED) is 0.764. The number of nitrogens with one attached hydrogen (secondary N) is 1. The molecule has 3 aliphatic rings. The predicted molar refractivity (Wildman–Crippen MR) is 72.7 cm³/mol. The Kier molecular flexibility index (Phi) is 2.32. The topological polar surface area (TPSA) is 32.1 Å². The maximum atomic E-state index is 12.2. The largest absolute Gasteiger partial charge is 0.284 e. The molecule has 2 unspecified atom stereocenters. The van der Waals surface area contributed by atoms with E-state index >= 15 is 0 Å². The van der Waals surface area contributed by atoms with Crippen molar-refractivity contribution in [3.05, 3.63) is 35.9 Å². The van der Waals surface area contributed by atoms with E-state index in [9.17, 15) is 4.79 Å². The van der Waals surface area contributed by atoms with Crippen LogP contribution in [-0.4, -0.2) is 22.3 Å². The summed E-state index contributed by atoms with van der Waals surface area (Å²) in [4.78, 5) is 12.2. The second-order valence-corrected chi connectivity index (χ2v) is 6.15. The average Bonchev–Trinajstić information content (AvgIpc) is 3.12. The molecule has 1 aliphatic heterocycles. The highest BCUT2D eigenvalue weighted by molar-refractivity contribution is 5.95. The lowest BCUT2D eigenvalue weighted by Crippen LogP contribution is -2.37. The molecule has 1 saturated heterocycles. The van der Waals surface area contributed by atoms with Crippen LogP contribution in [0.3, 0.4) is 0 Å². The van der Waals surface area contributed by atoms with Crippen molar-refractivity contribution in [1.82, 2.24) is 5.43 Å². The molecule has 1 heterocycles. The van der Waals surface area contributed by atoms with Gasteiger partial charge in [-0.05, 0) is 37.3 Å². The smallest absolute Gasteiger partial charge is 0.269 e. The third-order valence-corrected chi connectivity index (χ3v) is 5.26. The minimum atomic E-state index is 0.234. The van der Waals surface area contributed by atoms with Gasteiger partial charge in [0.05, 0.1) is 0 Å².